The summed E-state index contributed by atoms with van der Waals surface area (Å²) in [5.41, 5.74) is 0. The summed E-state index contributed by atoms with van der Waals surface area (Å²) < 4.78 is 12.3. The van der Waals surface area contributed by atoms with Gasteiger partial charge in [0.05, 0.1) is 5.92 Å². The molecular formula is C19H20ClNO4. The molecule has 0 spiro atoms. The van der Waals surface area contributed by atoms with Gasteiger partial charge in [0, 0.05) is 25.0 Å². The van der Waals surface area contributed by atoms with Gasteiger partial charge in [0.1, 0.15) is 11.5 Å². The minimum absolute atomic E-state index is 0.0977. The number of rotatable bonds is 5. The maximum Gasteiger partial charge on any atom is 0.407 e. The minimum atomic E-state index is -1.00. The van der Waals surface area contributed by atoms with E-state index in [0.717, 1.165) is 0 Å². The molecule has 132 valence electrons. The first-order valence-electron chi connectivity index (χ1n) is 8.13. The fourth-order valence-corrected chi connectivity index (χ4v) is 3.13. The average molecular weight is 362 g/mol. The third-order valence-electron chi connectivity index (χ3n) is 4.40. The van der Waals surface area contributed by atoms with E-state index < -0.39 is 11.9 Å². The first-order valence-corrected chi connectivity index (χ1v) is 8.50. The van der Waals surface area contributed by atoms with Crippen LogP contribution in [0, 0.1) is 5.92 Å². The molecule has 0 radical (unpaired) electrons. The molecule has 5 nitrogen and oxygen atoms in total. The van der Waals surface area contributed by atoms with Crippen molar-refractivity contribution in [2.75, 3.05) is 13.1 Å². The van der Waals surface area contributed by atoms with Gasteiger partial charge < -0.3 is 19.5 Å². The Morgan fingerprint density at radius 2 is 1.72 bits per heavy atom. The number of likely N-dealkylation sites (tertiary alicyclic amines) is 1. The molecule has 2 atom stereocenters. The van der Waals surface area contributed by atoms with Crippen LogP contribution in [0.3, 0.4) is 0 Å². The largest absolute Gasteiger partial charge is 0.465 e. The fourth-order valence-electron chi connectivity index (χ4n) is 3.01. The molecular weight excluding hydrogens is 342 g/mol. The van der Waals surface area contributed by atoms with Gasteiger partial charge in [0.15, 0.2) is 0 Å². The van der Waals surface area contributed by atoms with Crippen LogP contribution in [-0.2, 0) is 0 Å². The molecule has 3 rings (SSSR count). The summed E-state index contributed by atoms with van der Waals surface area (Å²) in [6.07, 6.45) is -0.250. The van der Waals surface area contributed by atoms with Gasteiger partial charge in [-0.3, -0.25) is 0 Å². The number of hydrogen-bond donors (Lipinski definition) is 1. The Morgan fingerprint density at radius 1 is 1.12 bits per heavy atom. The Hall–Kier alpha value is -2.40. The summed E-state index contributed by atoms with van der Waals surface area (Å²) in [6, 6.07) is 16.4. The third kappa shape index (κ3) is 4.17. The van der Waals surface area contributed by atoms with E-state index in [2.05, 4.69) is 0 Å². The Labute approximate surface area is 151 Å². The van der Waals surface area contributed by atoms with E-state index in [1.54, 1.807) is 24.3 Å². The number of hydrogen-bond acceptors (Lipinski definition) is 3. The van der Waals surface area contributed by atoms with Crippen molar-refractivity contribution in [3.05, 3.63) is 59.6 Å². The van der Waals surface area contributed by atoms with Crippen LogP contribution in [0.4, 0.5) is 4.79 Å². The monoisotopic (exact) mass is 361 g/mol. The lowest BCUT2D eigenvalue weighted by molar-refractivity contribution is -0.137. The van der Waals surface area contributed by atoms with Crippen LogP contribution in [-0.4, -0.2) is 35.0 Å². The molecule has 1 aliphatic rings. The molecule has 1 N–H and O–H groups in total. The van der Waals surface area contributed by atoms with Gasteiger partial charge in [-0.15, -0.1) is 0 Å². The zero-order valence-electron chi connectivity index (χ0n) is 13.9. The predicted octanol–water partition coefficient (Wildman–Crippen LogP) is 4.51. The molecule has 0 aromatic heterocycles. The van der Waals surface area contributed by atoms with E-state index in [1.165, 1.54) is 4.90 Å². The van der Waals surface area contributed by atoms with Crippen LogP contribution < -0.4 is 9.47 Å². The highest BCUT2D eigenvalue weighted by Gasteiger charge is 2.44. The van der Waals surface area contributed by atoms with E-state index in [1.807, 2.05) is 37.3 Å². The number of halogens is 1. The van der Waals surface area contributed by atoms with Crippen molar-refractivity contribution in [2.45, 2.75) is 19.1 Å². The number of amides is 1. The van der Waals surface area contributed by atoms with E-state index >= 15 is 0 Å². The summed E-state index contributed by atoms with van der Waals surface area (Å²) in [5, 5.41) is 9.86. The van der Waals surface area contributed by atoms with E-state index in [9.17, 15) is 9.90 Å². The molecule has 0 aliphatic carbocycles. The minimum Gasteiger partial charge on any atom is -0.465 e. The molecule has 1 heterocycles. The van der Waals surface area contributed by atoms with E-state index in [0.29, 0.717) is 36.0 Å². The first-order chi connectivity index (χ1) is 12.0. The fraction of sp³-hybridized carbons (Fsp3) is 0.316. The quantitative estimate of drug-likeness (QED) is 0.796. The molecule has 6 heteroatoms. The molecule has 25 heavy (non-hydrogen) atoms. The molecule has 1 fully saturated rings. The first kappa shape index (κ1) is 17.4. The molecule has 1 aliphatic heterocycles. The smallest absolute Gasteiger partial charge is 0.407 e. The van der Waals surface area contributed by atoms with Crippen molar-refractivity contribution in [1.82, 2.24) is 4.90 Å². The number of nitrogens with zero attached hydrogens (tertiary/aromatic N) is 1. The number of carboxylic acid groups (broad SMARTS) is 1. The number of para-hydroxylation sites is 1. The van der Waals surface area contributed by atoms with Crippen molar-refractivity contribution in [1.29, 1.82) is 0 Å². The van der Waals surface area contributed by atoms with Crippen LogP contribution in [0.15, 0.2) is 54.6 Å². The number of benzene rings is 2. The Bertz CT molecular complexity index is 722. The predicted molar refractivity (Wildman–Crippen MR) is 95.3 cm³/mol. The van der Waals surface area contributed by atoms with Gasteiger partial charge in [-0.05, 0) is 42.8 Å². The Morgan fingerprint density at radius 3 is 2.28 bits per heavy atom. The summed E-state index contributed by atoms with van der Waals surface area (Å²) in [5.74, 6) is 0.197. The van der Waals surface area contributed by atoms with Gasteiger partial charge in [-0.1, -0.05) is 29.8 Å². The molecule has 2 aromatic rings. The number of ether oxygens (including phenoxy) is 2. The summed E-state index contributed by atoms with van der Waals surface area (Å²) in [6.45, 7) is 2.69. The third-order valence-corrected chi connectivity index (χ3v) is 4.65. The summed E-state index contributed by atoms with van der Waals surface area (Å²) >= 11 is 5.94. The Balaban J connectivity index is 1.85. The molecule has 1 amide bonds. The van der Waals surface area contributed by atoms with Crippen molar-refractivity contribution in [3.8, 4) is 11.5 Å². The van der Waals surface area contributed by atoms with Gasteiger partial charge in [0.25, 0.3) is 5.79 Å². The van der Waals surface area contributed by atoms with Crippen LogP contribution in [0.1, 0.15) is 13.3 Å². The highest BCUT2D eigenvalue weighted by Crippen LogP contribution is 2.34. The highest BCUT2D eigenvalue weighted by molar-refractivity contribution is 6.30. The average Bonchev–Trinajstić information content (AvgIpc) is 3.09. The second kappa shape index (κ2) is 7.23. The Kier molecular flexibility index (Phi) is 5.04. The normalized spacial score (nSPS) is 19.3. The lowest BCUT2D eigenvalue weighted by Gasteiger charge is -2.36. The van der Waals surface area contributed by atoms with Gasteiger partial charge in [-0.2, -0.15) is 0 Å². The maximum atomic E-state index is 11.3. The molecule has 1 saturated heterocycles. The SMILES string of the molecule is CC(Oc1ccccc1)(Oc1ccc(Cl)cc1)C1CCN(C(=O)O)C1. The van der Waals surface area contributed by atoms with E-state index in [4.69, 9.17) is 21.1 Å². The topological polar surface area (TPSA) is 59.0 Å². The second-order valence-corrected chi connectivity index (χ2v) is 6.64. The zero-order chi connectivity index (χ0) is 17.9. The highest BCUT2D eigenvalue weighted by atomic mass is 35.5. The molecule has 0 bridgehead atoms. The van der Waals surface area contributed by atoms with E-state index in [-0.39, 0.29) is 5.92 Å². The van der Waals surface area contributed by atoms with Crippen molar-refractivity contribution in [2.24, 2.45) is 5.92 Å². The number of carbonyl (C=O) groups is 1. The van der Waals surface area contributed by atoms with Crippen molar-refractivity contribution >= 4 is 17.7 Å². The standard InChI is InChI=1S/C19H20ClNO4/c1-19(24-16-5-3-2-4-6-16,14-11-12-21(13-14)18(22)23)25-17-9-7-15(20)8-10-17/h2-10,14H,11-13H2,1H3,(H,22,23). The molecule has 2 unspecified atom stereocenters. The van der Waals surface area contributed by atoms with Crippen LogP contribution in [0.25, 0.3) is 0 Å². The van der Waals surface area contributed by atoms with Crippen molar-refractivity contribution in [3.63, 3.8) is 0 Å². The van der Waals surface area contributed by atoms with Crippen LogP contribution in [0.5, 0.6) is 11.5 Å². The van der Waals surface area contributed by atoms with Crippen LogP contribution in [0.2, 0.25) is 5.02 Å². The van der Waals surface area contributed by atoms with Gasteiger partial charge in [0.2, 0.25) is 0 Å². The summed E-state index contributed by atoms with van der Waals surface area (Å²) in [4.78, 5) is 12.6. The van der Waals surface area contributed by atoms with Gasteiger partial charge >= 0.3 is 6.09 Å². The van der Waals surface area contributed by atoms with Gasteiger partial charge in [-0.25, -0.2) is 4.79 Å². The second-order valence-electron chi connectivity index (χ2n) is 6.20. The lowest BCUT2D eigenvalue weighted by Crippen LogP contribution is -2.48. The maximum absolute atomic E-state index is 11.3. The summed E-state index contributed by atoms with van der Waals surface area (Å²) in [7, 11) is 0. The molecule has 2 aromatic carbocycles. The van der Waals surface area contributed by atoms with Crippen molar-refractivity contribution < 1.29 is 19.4 Å². The van der Waals surface area contributed by atoms with Crippen LogP contribution >= 0.6 is 11.6 Å². The molecule has 0 saturated carbocycles. The zero-order valence-corrected chi connectivity index (χ0v) is 14.6. The lowest BCUT2D eigenvalue weighted by atomic mass is 9.98.